The SMILES string of the molecule is O=CC(=O)c1ccc(OCc2ccc(F)cc2)cc1. The third kappa shape index (κ3) is 3.48. The number of hydrogen-bond acceptors (Lipinski definition) is 3. The molecular formula is C15H11FO3. The third-order valence-corrected chi connectivity index (χ3v) is 2.56. The van der Waals surface area contributed by atoms with Gasteiger partial charge in [0.15, 0.2) is 6.29 Å². The van der Waals surface area contributed by atoms with E-state index in [1.165, 1.54) is 24.3 Å². The summed E-state index contributed by atoms with van der Waals surface area (Å²) in [4.78, 5) is 21.4. The van der Waals surface area contributed by atoms with Crippen molar-refractivity contribution in [3.05, 3.63) is 65.5 Å². The van der Waals surface area contributed by atoms with Crippen LogP contribution in [0.25, 0.3) is 0 Å². The highest BCUT2D eigenvalue weighted by atomic mass is 19.1. The van der Waals surface area contributed by atoms with E-state index in [9.17, 15) is 14.0 Å². The molecule has 0 saturated carbocycles. The summed E-state index contributed by atoms with van der Waals surface area (Å²) in [6.07, 6.45) is 0.272. The highest BCUT2D eigenvalue weighted by Crippen LogP contribution is 2.14. The highest BCUT2D eigenvalue weighted by Gasteiger charge is 2.03. The number of rotatable bonds is 5. The predicted octanol–water partition coefficient (Wildman–Crippen LogP) is 2.79. The van der Waals surface area contributed by atoms with Crippen LogP contribution in [0.15, 0.2) is 48.5 Å². The Morgan fingerprint density at radius 1 is 1.05 bits per heavy atom. The van der Waals surface area contributed by atoms with Crippen LogP contribution in [0.4, 0.5) is 4.39 Å². The number of Topliss-reactive ketones (excluding diaryl/α,β-unsaturated/α-hetero) is 1. The molecule has 3 nitrogen and oxygen atoms in total. The lowest BCUT2D eigenvalue weighted by atomic mass is 10.1. The summed E-state index contributed by atoms with van der Waals surface area (Å²) < 4.78 is 18.2. The number of aldehydes is 1. The lowest BCUT2D eigenvalue weighted by molar-refractivity contribution is -0.104. The maximum Gasteiger partial charge on any atom is 0.225 e. The Bertz CT molecular complexity index is 573. The predicted molar refractivity (Wildman–Crippen MR) is 67.6 cm³/mol. The fourth-order valence-corrected chi connectivity index (χ4v) is 1.53. The first-order valence-electron chi connectivity index (χ1n) is 5.66. The minimum atomic E-state index is -0.565. The molecule has 0 fully saturated rings. The molecule has 0 bridgehead atoms. The first kappa shape index (κ1) is 13.0. The summed E-state index contributed by atoms with van der Waals surface area (Å²) in [7, 11) is 0. The first-order valence-corrected chi connectivity index (χ1v) is 5.66. The molecular weight excluding hydrogens is 247 g/mol. The van der Waals surface area contributed by atoms with Crippen molar-refractivity contribution in [1.82, 2.24) is 0 Å². The van der Waals surface area contributed by atoms with Gasteiger partial charge in [-0.3, -0.25) is 9.59 Å². The smallest absolute Gasteiger partial charge is 0.225 e. The van der Waals surface area contributed by atoms with Crippen LogP contribution in [-0.4, -0.2) is 12.1 Å². The second-order valence-electron chi connectivity index (χ2n) is 3.92. The van der Waals surface area contributed by atoms with Crippen molar-refractivity contribution in [2.75, 3.05) is 0 Å². The second kappa shape index (κ2) is 5.91. The molecule has 0 radical (unpaired) electrons. The third-order valence-electron chi connectivity index (χ3n) is 2.56. The van der Waals surface area contributed by atoms with Gasteiger partial charge < -0.3 is 4.74 Å². The molecule has 0 atom stereocenters. The summed E-state index contributed by atoms with van der Waals surface area (Å²) in [5.41, 5.74) is 1.17. The van der Waals surface area contributed by atoms with Crippen molar-refractivity contribution in [3.63, 3.8) is 0 Å². The zero-order chi connectivity index (χ0) is 13.7. The summed E-state index contributed by atoms with van der Waals surface area (Å²) in [5, 5.41) is 0. The number of hydrogen-bond donors (Lipinski definition) is 0. The van der Waals surface area contributed by atoms with E-state index in [0.717, 1.165) is 5.56 Å². The van der Waals surface area contributed by atoms with Crippen LogP contribution < -0.4 is 4.74 Å². The number of carbonyl (C=O) groups excluding carboxylic acids is 2. The fourth-order valence-electron chi connectivity index (χ4n) is 1.53. The Balaban J connectivity index is 1.98. The van der Waals surface area contributed by atoms with Crippen LogP contribution >= 0.6 is 0 Å². The molecule has 0 N–H and O–H groups in total. The number of halogens is 1. The van der Waals surface area contributed by atoms with E-state index in [2.05, 4.69) is 0 Å². The average molecular weight is 258 g/mol. The van der Waals surface area contributed by atoms with Crippen LogP contribution in [0.3, 0.4) is 0 Å². The first-order chi connectivity index (χ1) is 9.19. The van der Waals surface area contributed by atoms with Crippen LogP contribution in [-0.2, 0) is 11.4 Å². The van der Waals surface area contributed by atoms with Crippen molar-refractivity contribution >= 4 is 12.1 Å². The molecule has 96 valence electrons. The molecule has 2 aromatic carbocycles. The molecule has 2 aromatic rings. The van der Waals surface area contributed by atoms with E-state index in [1.54, 1.807) is 24.3 Å². The zero-order valence-electron chi connectivity index (χ0n) is 10.0. The van der Waals surface area contributed by atoms with Crippen LogP contribution in [0.5, 0.6) is 5.75 Å². The molecule has 0 aliphatic heterocycles. The van der Waals surface area contributed by atoms with Crippen LogP contribution in [0.1, 0.15) is 15.9 Å². The highest BCUT2D eigenvalue weighted by molar-refractivity contribution is 6.33. The van der Waals surface area contributed by atoms with Gasteiger partial charge in [0.05, 0.1) is 0 Å². The van der Waals surface area contributed by atoms with E-state index in [4.69, 9.17) is 4.74 Å². The van der Waals surface area contributed by atoms with Crippen molar-refractivity contribution in [1.29, 1.82) is 0 Å². The summed E-state index contributed by atoms with van der Waals surface area (Å²) >= 11 is 0. The van der Waals surface area contributed by atoms with Gasteiger partial charge in [0.2, 0.25) is 5.78 Å². The molecule has 0 saturated heterocycles. The van der Waals surface area contributed by atoms with Gasteiger partial charge >= 0.3 is 0 Å². The quantitative estimate of drug-likeness (QED) is 0.470. The normalized spacial score (nSPS) is 9.95. The van der Waals surface area contributed by atoms with Gasteiger partial charge in [-0.05, 0) is 42.0 Å². The van der Waals surface area contributed by atoms with Crippen molar-refractivity contribution in [3.8, 4) is 5.75 Å². The van der Waals surface area contributed by atoms with Crippen molar-refractivity contribution in [2.24, 2.45) is 0 Å². The maximum absolute atomic E-state index is 12.7. The molecule has 2 rings (SSSR count). The zero-order valence-corrected chi connectivity index (χ0v) is 10.0. The van der Waals surface area contributed by atoms with Gasteiger partial charge in [-0.1, -0.05) is 12.1 Å². The van der Waals surface area contributed by atoms with E-state index in [1.807, 2.05) is 0 Å². The van der Waals surface area contributed by atoms with Gasteiger partial charge in [-0.15, -0.1) is 0 Å². The van der Waals surface area contributed by atoms with Gasteiger partial charge in [0.1, 0.15) is 18.2 Å². The number of carbonyl (C=O) groups is 2. The number of benzene rings is 2. The lowest BCUT2D eigenvalue weighted by Crippen LogP contribution is -2.00. The maximum atomic E-state index is 12.7. The average Bonchev–Trinajstić information content (AvgIpc) is 2.46. The van der Waals surface area contributed by atoms with E-state index in [-0.39, 0.29) is 12.1 Å². The van der Waals surface area contributed by atoms with Crippen molar-refractivity contribution < 1.29 is 18.7 Å². The molecule has 0 aliphatic rings. The molecule has 0 aliphatic carbocycles. The molecule has 0 amide bonds. The molecule has 4 heteroatoms. The van der Waals surface area contributed by atoms with E-state index < -0.39 is 5.78 Å². The molecule has 0 spiro atoms. The van der Waals surface area contributed by atoms with Gasteiger partial charge in [0.25, 0.3) is 0 Å². The minimum Gasteiger partial charge on any atom is -0.489 e. The van der Waals surface area contributed by atoms with E-state index in [0.29, 0.717) is 17.9 Å². The van der Waals surface area contributed by atoms with Crippen molar-refractivity contribution in [2.45, 2.75) is 6.61 Å². The van der Waals surface area contributed by atoms with E-state index >= 15 is 0 Å². The molecule has 0 unspecified atom stereocenters. The van der Waals surface area contributed by atoms with Gasteiger partial charge in [0, 0.05) is 5.56 Å². The second-order valence-corrected chi connectivity index (χ2v) is 3.92. The Morgan fingerprint density at radius 2 is 1.68 bits per heavy atom. The Hall–Kier alpha value is -2.49. The summed E-state index contributed by atoms with van der Waals surface area (Å²) in [5.74, 6) is -0.280. The summed E-state index contributed by atoms with van der Waals surface area (Å²) in [6, 6.07) is 12.3. The number of ether oxygens (including phenoxy) is 1. The van der Waals surface area contributed by atoms with Gasteiger partial charge in [-0.25, -0.2) is 4.39 Å². The summed E-state index contributed by atoms with van der Waals surface area (Å²) in [6.45, 7) is 0.307. The number of ketones is 1. The fraction of sp³-hybridized carbons (Fsp3) is 0.0667. The Morgan fingerprint density at radius 3 is 2.26 bits per heavy atom. The molecule has 0 heterocycles. The van der Waals surface area contributed by atoms with Crippen LogP contribution in [0, 0.1) is 5.82 Å². The van der Waals surface area contributed by atoms with Crippen LogP contribution in [0.2, 0.25) is 0 Å². The lowest BCUT2D eigenvalue weighted by Gasteiger charge is -2.06. The monoisotopic (exact) mass is 258 g/mol. The molecule has 0 aromatic heterocycles. The standard InChI is InChI=1S/C15H11FO3/c16-13-5-1-11(2-6-13)10-19-14-7-3-12(4-8-14)15(18)9-17/h1-9H,10H2. The van der Waals surface area contributed by atoms with Gasteiger partial charge in [-0.2, -0.15) is 0 Å². The minimum absolute atomic E-state index is 0.272. The Kier molecular flexibility index (Phi) is 4.03. The largest absolute Gasteiger partial charge is 0.489 e. The Labute approximate surface area is 109 Å². The molecule has 19 heavy (non-hydrogen) atoms. The topological polar surface area (TPSA) is 43.4 Å².